The zero-order chi connectivity index (χ0) is 19.5. The van der Waals surface area contributed by atoms with Crippen molar-refractivity contribution in [3.8, 4) is 27.8 Å². The van der Waals surface area contributed by atoms with E-state index >= 15 is 0 Å². The molecule has 0 bridgehead atoms. The van der Waals surface area contributed by atoms with E-state index in [4.69, 9.17) is 14.2 Å². The van der Waals surface area contributed by atoms with E-state index < -0.39 is 0 Å². The van der Waals surface area contributed by atoms with Crippen LogP contribution >= 0.6 is 11.3 Å². The third-order valence-corrected chi connectivity index (χ3v) is 5.60. The van der Waals surface area contributed by atoms with Gasteiger partial charge in [-0.3, -0.25) is 4.79 Å². The molecule has 1 aliphatic rings. The van der Waals surface area contributed by atoms with Crippen molar-refractivity contribution in [2.24, 2.45) is 0 Å². The molecule has 1 atom stereocenters. The Balaban J connectivity index is 1.40. The molecule has 0 saturated heterocycles. The van der Waals surface area contributed by atoms with Crippen molar-refractivity contribution in [2.45, 2.75) is 13.0 Å². The van der Waals surface area contributed by atoms with Crippen molar-refractivity contribution in [2.75, 3.05) is 20.3 Å². The van der Waals surface area contributed by atoms with Gasteiger partial charge in [0.15, 0.2) is 11.5 Å². The highest BCUT2D eigenvalue weighted by molar-refractivity contribution is 7.17. The maximum atomic E-state index is 12.6. The van der Waals surface area contributed by atoms with E-state index in [0.717, 1.165) is 22.1 Å². The highest BCUT2D eigenvalue weighted by Crippen LogP contribution is 2.31. The van der Waals surface area contributed by atoms with Gasteiger partial charge in [-0.25, -0.2) is 4.98 Å². The normalized spacial score (nSPS) is 15.1. The van der Waals surface area contributed by atoms with E-state index in [2.05, 4.69) is 10.3 Å². The summed E-state index contributed by atoms with van der Waals surface area (Å²) >= 11 is 1.37. The van der Waals surface area contributed by atoms with Crippen LogP contribution in [0.3, 0.4) is 0 Å². The first-order chi connectivity index (χ1) is 13.6. The number of nitrogens with zero attached hydrogens (tertiary/aromatic N) is 1. The van der Waals surface area contributed by atoms with Gasteiger partial charge in [-0.1, -0.05) is 12.1 Å². The topological polar surface area (TPSA) is 69.7 Å². The number of nitrogens with one attached hydrogen (secondary N) is 1. The van der Waals surface area contributed by atoms with Crippen LogP contribution in [-0.2, 0) is 0 Å². The summed E-state index contributed by atoms with van der Waals surface area (Å²) in [6.07, 6.45) is -0.229. The van der Waals surface area contributed by atoms with Gasteiger partial charge in [-0.05, 0) is 43.3 Å². The first-order valence-electron chi connectivity index (χ1n) is 8.92. The lowest BCUT2D eigenvalue weighted by Gasteiger charge is -2.26. The van der Waals surface area contributed by atoms with Gasteiger partial charge in [-0.2, -0.15) is 0 Å². The predicted molar refractivity (Wildman–Crippen MR) is 108 cm³/mol. The number of amides is 1. The second-order valence-corrected chi connectivity index (χ2v) is 7.37. The molecular weight excluding hydrogens is 376 g/mol. The molecule has 0 radical (unpaired) electrons. The van der Waals surface area contributed by atoms with E-state index in [1.807, 2.05) is 55.5 Å². The maximum absolute atomic E-state index is 12.6. The Morgan fingerprint density at radius 3 is 2.71 bits per heavy atom. The summed E-state index contributed by atoms with van der Waals surface area (Å²) in [7, 11) is 1.63. The number of rotatable bonds is 5. The number of aromatic nitrogens is 1. The van der Waals surface area contributed by atoms with Crippen LogP contribution in [0, 0.1) is 6.92 Å². The fourth-order valence-electron chi connectivity index (χ4n) is 2.91. The highest BCUT2D eigenvalue weighted by atomic mass is 32.1. The fourth-order valence-corrected chi connectivity index (χ4v) is 3.90. The van der Waals surface area contributed by atoms with Crippen molar-refractivity contribution in [1.29, 1.82) is 0 Å². The van der Waals surface area contributed by atoms with E-state index in [9.17, 15) is 4.79 Å². The molecule has 0 spiro atoms. The molecule has 3 aromatic rings. The summed E-state index contributed by atoms with van der Waals surface area (Å²) in [5.41, 5.74) is 1.66. The molecule has 1 aromatic heterocycles. The standard InChI is InChI=1S/C21H20N2O4S/c1-13-19(28-21(23-13)14-7-9-15(25-2)10-8-14)20(24)22-11-16-12-26-17-5-3-4-6-18(17)27-16/h3-10,16H,11-12H2,1-2H3,(H,22,24). The number of thiazole rings is 1. The van der Waals surface area contributed by atoms with E-state index in [-0.39, 0.29) is 12.0 Å². The minimum atomic E-state index is -0.229. The van der Waals surface area contributed by atoms with Crippen molar-refractivity contribution in [3.63, 3.8) is 0 Å². The second kappa shape index (κ2) is 7.90. The lowest BCUT2D eigenvalue weighted by Crippen LogP contribution is -2.40. The largest absolute Gasteiger partial charge is 0.497 e. The van der Waals surface area contributed by atoms with Crippen LogP contribution in [0.2, 0.25) is 0 Å². The van der Waals surface area contributed by atoms with Gasteiger partial charge in [0.2, 0.25) is 0 Å². The van der Waals surface area contributed by atoms with Crippen LogP contribution < -0.4 is 19.5 Å². The molecule has 4 rings (SSSR count). The first-order valence-corrected chi connectivity index (χ1v) is 9.74. The number of carbonyl (C=O) groups is 1. The average Bonchev–Trinajstić information content (AvgIpc) is 3.13. The van der Waals surface area contributed by atoms with Gasteiger partial charge in [0.05, 0.1) is 19.3 Å². The Morgan fingerprint density at radius 1 is 1.21 bits per heavy atom. The number of aryl methyl sites for hydroxylation is 1. The highest BCUT2D eigenvalue weighted by Gasteiger charge is 2.22. The van der Waals surface area contributed by atoms with Crippen LogP contribution in [0.4, 0.5) is 0 Å². The summed E-state index contributed by atoms with van der Waals surface area (Å²) < 4.78 is 16.7. The summed E-state index contributed by atoms with van der Waals surface area (Å²) in [4.78, 5) is 17.8. The lowest BCUT2D eigenvalue weighted by atomic mass is 10.2. The molecule has 1 unspecified atom stereocenters. The van der Waals surface area contributed by atoms with E-state index in [1.165, 1.54) is 11.3 Å². The van der Waals surface area contributed by atoms with Crippen LogP contribution in [0.25, 0.3) is 10.6 Å². The number of hydrogen-bond donors (Lipinski definition) is 1. The van der Waals surface area contributed by atoms with Crippen LogP contribution in [0.1, 0.15) is 15.4 Å². The number of methoxy groups -OCH3 is 1. The van der Waals surface area contributed by atoms with Crippen molar-refractivity contribution < 1.29 is 19.0 Å². The zero-order valence-electron chi connectivity index (χ0n) is 15.6. The number of ether oxygens (including phenoxy) is 3. The third-order valence-electron chi connectivity index (χ3n) is 4.40. The number of benzene rings is 2. The molecule has 0 aliphatic carbocycles. The number of carbonyl (C=O) groups excluding carboxylic acids is 1. The minimum absolute atomic E-state index is 0.155. The van der Waals surface area contributed by atoms with Gasteiger partial charge in [0, 0.05) is 5.56 Å². The van der Waals surface area contributed by atoms with Crippen LogP contribution in [-0.4, -0.2) is 37.3 Å². The molecule has 0 saturated carbocycles. The van der Waals surface area contributed by atoms with Gasteiger partial charge in [-0.15, -0.1) is 11.3 Å². The van der Waals surface area contributed by atoms with E-state index in [0.29, 0.717) is 29.5 Å². The second-order valence-electron chi connectivity index (χ2n) is 6.37. The number of fused-ring (bicyclic) bond motifs is 1. The zero-order valence-corrected chi connectivity index (χ0v) is 16.4. The van der Waals surface area contributed by atoms with Gasteiger partial charge < -0.3 is 19.5 Å². The molecule has 0 fully saturated rings. The SMILES string of the molecule is COc1ccc(-c2nc(C)c(C(=O)NCC3COc4ccccc4O3)s2)cc1. The van der Waals surface area contributed by atoms with Crippen molar-refractivity contribution in [3.05, 3.63) is 59.1 Å². The summed E-state index contributed by atoms with van der Waals surface area (Å²) in [6.45, 7) is 2.60. The van der Waals surface area contributed by atoms with Crippen molar-refractivity contribution in [1.82, 2.24) is 10.3 Å². The molecule has 2 aromatic carbocycles. The number of hydrogen-bond acceptors (Lipinski definition) is 6. The van der Waals surface area contributed by atoms with Crippen molar-refractivity contribution >= 4 is 17.2 Å². The van der Waals surface area contributed by atoms with E-state index in [1.54, 1.807) is 7.11 Å². The maximum Gasteiger partial charge on any atom is 0.263 e. The third kappa shape index (κ3) is 3.80. The van der Waals surface area contributed by atoms with Crippen LogP contribution in [0.15, 0.2) is 48.5 Å². The Hall–Kier alpha value is -3.06. The first kappa shape index (κ1) is 18.3. The summed E-state index contributed by atoms with van der Waals surface area (Å²) in [6, 6.07) is 15.1. The fraction of sp³-hybridized carbons (Fsp3) is 0.238. The molecule has 2 heterocycles. The molecular formula is C21H20N2O4S. The van der Waals surface area contributed by atoms with Gasteiger partial charge in [0.25, 0.3) is 5.91 Å². The van der Waals surface area contributed by atoms with Gasteiger partial charge >= 0.3 is 0 Å². The summed E-state index contributed by atoms with van der Waals surface area (Å²) in [5.74, 6) is 2.06. The molecule has 144 valence electrons. The quantitative estimate of drug-likeness (QED) is 0.712. The molecule has 28 heavy (non-hydrogen) atoms. The minimum Gasteiger partial charge on any atom is -0.497 e. The molecule has 7 heteroatoms. The monoisotopic (exact) mass is 396 g/mol. The number of para-hydroxylation sites is 2. The predicted octanol–water partition coefficient (Wildman–Crippen LogP) is 3.70. The summed E-state index contributed by atoms with van der Waals surface area (Å²) in [5, 5.41) is 3.73. The average molecular weight is 396 g/mol. The Morgan fingerprint density at radius 2 is 1.96 bits per heavy atom. The molecule has 1 N–H and O–H groups in total. The Kier molecular flexibility index (Phi) is 5.16. The van der Waals surface area contributed by atoms with Gasteiger partial charge in [0.1, 0.15) is 28.3 Å². The van der Waals surface area contributed by atoms with Crippen LogP contribution in [0.5, 0.6) is 17.2 Å². The molecule has 1 aliphatic heterocycles. The smallest absolute Gasteiger partial charge is 0.263 e. The Bertz CT molecular complexity index is 984. The molecule has 6 nitrogen and oxygen atoms in total. The molecule has 1 amide bonds. The Labute approximate surface area is 167 Å². The lowest BCUT2D eigenvalue weighted by molar-refractivity contribution is 0.0791.